The van der Waals surface area contributed by atoms with Gasteiger partial charge in [-0.15, -0.1) is 0 Å². The first-order valence-corrected chi connectivity index (χ1v) is 7.04. The van der Waals surface area contributed by atoms with Gasteiger partial charge in [-0.05, 0) is 31.9 Å². The van der Waals surface area contributed by atoms with Gasteiger partial charge in [-0.1, -0.05) is 56.3 Å². The normalized spacial score (nSPS) is 12.5. The van der Waals surface area contributed by atoms with E-state index in [-0.39, 0.29) is 0 Å². The molecule has 17 heavy (non-hydrogen) atoms. The number of benzene rings is 1. The van der Waals surface area contributed by atoms with E-state index in [0.29, 0.717) is 6.04 Å². The second kappa shape index (κ2) is 7.60. The van der Waals surface area contributed by atoms with E-state index < -0.39 is 0 Å². The Morgan fingerprint density at radius 1 is 1.24 bits per heavy atom. The molecule has 2 heteroatoms. The Morgan fingerprint density at radius 3 is 2.71 bits per heavy atom. The zero-order valence-electron chi connectivity index (χ0n) is 11.2. The van der Waals surface area contributed by atoms with Crippen LogP contribution in [0.15, 0.2) is 18.2 Å². The number of rotatable bonds is 7. The van der Waals surface area contributed by atoms with Crippen LogP contribution in [0.2, 0.25) is 5.02 Å². The minimum absolute atomic E-state index is 0.492. The van der Waals surface area contributed by atoms with Crippen molar-refractivity contribution < 1.29 is 0 Å². The standard InChI is InChI=1S/C15H24ClN/c1-4-5-6-7-10-13(3)17-14-11-8-9-12(2)15(14)16/h8-9,11,13,17H,4-7,10H2,1-3H3. The molecule has 0 aliphatic carbocycles. The Balaban J connectivity index is 2.39. The van der Waals surface area contributed by atoms with Crippen molar-refractivity contribution in [3.8, 4) is 0 Å². The zero-order chi connectivity index (χ0) is 12.7. The first-order chi connectivity index (χ1) is 8.15. The number of halogens is 1. The van der Waals surface area contributed by atoms with E-state index in [1.807, 2.05) is 19.1 Å². The number of hydrogen-bond acceptors (Lipinski definition) is 1. The van der Waals surface area contributed by atoms with Crippen LogP contribution in [0.3, 0.4) is 0 Å². The molecule has 0 fully saturated rings. The molecule has 0 aromatic heterocycles. The predicted molar refractivity (Wildman–Crippen MR) is 78.0 cm³/mol. The number of unbranched alkanes of at least 4 members (excludes halogenated alkanes) is 3. The van der Waals surface area contributed by atoms with Crippen LogP contribution in [0.4, 0.5) is 5.69 Å². The smallest absolute Gasteiger partial charge is 0.0666 e. The van der Waals surface area contributed by atoms with Gasteiger partial charge in [0.1, 0.15) is 0 Å². The van der Waals surface area contributed by atoms with Gasteiger partial charge in [-0.25, -0.2) is 0 Å². The highest BCUT2D eigenvalue weighted by Crippen LogP contribution is 2.26. The maximum absolute atomic E-state index is 6.26. The fraction of sp³-hybridized carbons (Fsp3) is 0.600. The Labute approximate surface area is 111 Å². The summed E-state index contributed by atoms with van der Waals surface area (Å²) in [6, 6.07) is 6.64. The lowest BCUT2D eigenvalue weighted by atomic mass is 10.1. The van der Waals surface area contributed by atoms with Gasteiger partial charge in [0.15, 0.2) is 0 Å². The fourth-order valence-electron chi connectivity index (χ4n) is 1.97. The van der Waals surface area contributed by atoms with E-state index in [0.717, 1.165) is 16.3 Å². The van der Waals surface area contributed by atoms with E-state index >= 15 is 0 Å². The van der Waals surface area contributed by atoms with Crippen molar-refractivity contribution in [3.05, 3.63) is 28.8 Å². The lowest BCUT2D eigenvalue weighted by Gasteiger charge is -2.17. The summed E-state index contributed by atoms with van der Waals surface area (Å²) in [4.78, 5) is 0. The molecule has 1 atom stereocenters. The molecule has 0 radical (unpaired) electrons. The molecular formula is C15H24ClN. The van der Waals surface area contributed by atoms with Crippen molar-refractivity contribution in [2.24, 2.45) is 0 Å². The van der Waals surface area contributed by atoms with Crippen LogP contribution < -0.4 is 5.32 Å². The summed E-state index contributed by atoms with van der Waals surface area (Å²) in [6.07, 6.45) is 6.49. The van der Waals surface area contributed by atoms with Crippen LogP contribution in [-0.2, 0) is 0 Å². The van der Waals surface area contributed by atoms with Gasteiger partial charge in [0.2, 0.25) is 0 Å². The Morgan fingerprint density at radius 2 is 2.00 bits per heavy atom. The van der Waals surface area contributed by atoms with Crippen molar-refractivity contribution >= 4 is 17.3 Å². The topological polar surface area (TPSA) is 12.0 Å². The third-order valence-electron chi connectivity index (χ3n) is 3.08. The summed E-state index contributed by atoms with van der Waals surface area (Å²) in [5, 5.41) is 4.35. The zero-order valence-corrected chi connectivity index (χ0v) is 12.0. The molecular weight excluding hydrogens is 230 g/mol. The molecule has 0 saturated heterocycles. The van der Waals surface area contributed by atoms with Crippen LogP contribution in [0.1, 0.15) is 51.5 Å². The molecule has 1 aromatic carbocycles. The molecule has 0 saturated carbocycles. The minimum Gasteiger partial charge on any atom is -0.381 e. The Hall–Kier alpha value is -0.690. The quantitative estimate of drug-likeness (QED) is 0.640. The van der Waals surface area contributed by atoms with Gasteiger partial charge in [0, 0.05) is 6.04 Å². The number of anilines is 1. The molecule has 96 valence electrons. The average Bonchev–Trinajstić information content (AvgIpc) is 2.31. The molecule has 0 spiro atoms. The number of aryl methyl sites for hydroxylation is 1. The van der Waals surface area contributed by atoms with Gasteiger partial charge < -0.3 is 5.32 Å². The van der Waals surface area contributed by atoms with E-state index in [9.17, 15) is 0 Å². The monoisotopic (exact) mass is 253 g/mol. The molecule has 1 nitrogen and oxygen atoms in total. The van der Waals surface area contributed by atoms with Crippen LogP contribution in [0, 0.1) is 6.92 Å². The maximum Gasteiger partial charge on any atom is 0.0666 e. The Kier molecular flexibility index (Phi) is 6.43. The van der Waals surface area contributed by atoms with Crippen molar-refractivity contribution in [2.45, 2.75) is 58.9 Å². The summed E-state index contributed by atoms with van der Waals surface area (Å²) >= 11 is 6.26. The predicted octanol–water partition coefficient (Wildman–Crippen LogP) is 5.42. The highest BCUT2D eigenvalue weighted by molar-refractivity contribution is 6.34. The van der Waals surface area contributed by atoms with Crippen molar-refractivity contribution in [2.75, 3.05) is 5.32 Å². The molecule has 0 heterocycles. The van der Waals surface area contributed by atoms with E-state index in [1.54, 1.807) is 0 Å². The van der Waals surface area contributed by atoms with Gasteiger partial charge in [-0.3, -0.25) is 0 Å². The molecule has 1 N–H and O–H groups in total. The third-order valence-corrected chi connectivity index (χ3v) is 3.59. The van der Waals surface area contributed by atoms with Crippen molar-refractivity contribution in [1.82, 2.24) is 0 Å². The van der Waals surface area contributed by atoms with Crippen molar-refractivity contribution in [3.63, 3.8) is 0 Å². The Bertz CT molecular complexity index is 336. The summed E-state index contributed by atoms with van der Waals surface area (Å²) < 4.78 is 0. The van der Waals surface area contributed by atoms with Gasteiger partial charge >= 0.3 is 0 Å². The largest absolute Gasteiger partial charge is 0.381 e. The van der Waals surface area contributed by atoms with Gasteiger partial charge in [-0.2, -0.15) is 0 Å². The maximum atomic E-state index is 6.26. The SMILES string of the molecule is CCCCCCC(C)Nc1cccc(C)c1Cl. The highest BCUT2D eigenvalue weighted by atomic mass is 35.5. The van der Waals surface area contributed by atoms with Crippen LogP contribution in [0.25, 0.3) is 0 Å². The molecule has 1 unspecified atom stereocenters. The summed E-state index contributed by atoms with van der Waals surface area (Å²) in [7, 11) is 0. The molecule has 0 aliphatic heterocycles. The minimum atomic E-state index is 0.492. The second-order valence-electron chi connectivity index (χ2n) is 4.83. The van der Waals surface area contributed by atoms with Crippen LogP contribution in [-0.4, -0.2) is 6.04 Å². The van der Waals surface area contributed by atoms with Gasteiger partial charge in [0.05, 0.1) is 10.7 Å². The molecule has 0 aliphatic rings. The summed E-state index contributed by atoms with van der Waals surface area (Å²) in [5.41, 5.74) is 2.20. The number of nitrogens with one attached hydrogen (secondary N) is 1. The highest BCUT2D eigenvalue weighted by Gasteiger charge is 2.06. The van der Waals surface area contributed by atoms with E-state index in [2.05, 4.69) is 25.2 Å². The van der Waals surface area contributed by atoms with Gasteiger partial charge in [0.25, 0.3) is 0 Å². The van der Waals surface area contributed by atoms with Crippen LogP contribution >= 0.6 is 11.6 Å². The summed E-state index contributed by atoms with van der Waals surface area (Å²) in [6.45, 7) is 6.51. The van der Waals surface area contributed by atoms with Crippen molar-refractivity contribution in [1.29, 1.82) is 0 Å². The summed E-state index contributed by atoms with van der Waals surface area (Å²) in [5.74, 6) is 0. The fourth-order valence-corrected chi connectivity index (χ4v) is 2.15. The first kappa shape index (κ1) is 14.4. The first-order valence-electron chi connectivity index (χ1n) is 6.66. The lowest BCUT2D eigenvalue weighted by Crippen LogP contribution is -2.15. The molecule has 0 bridgehead atoms. The average molecular weight is 254 g/mol. The second-order valence-corrected chi connectivity index (χ2v) is 5.21. The lowest BCUT2D eigenvalue weighted by molar-refractivity contribution is 0.594. The van der Waals surface area contributed by atoms with E-state index in [4.69, 9.17) is 11.6 Å². The number of hydrogen-bond donors (Lipinski definition) is 1. The molecule has 1 rings (SSSR count). The van der Waals surface area contributed by atoms with E-state index in [1.165, 1.54) is 32.1 Å². The molecule has 0 amide bonds. The molecule has 1 aromatic rings. The van der Waals surface area contributed by atoms with Crippen LogP contribution in [0.5, 0.6) is 0 Å². The third kappa shape index (κ3) is 4.99.